The average Bonchev–Trinajstić information content (AvgIpc) is 2.96. The van der Waals surface area contributed by atoms with Gasteiger partial charge in [0.05, 0.1) is 18.4 Å². The monoisotopic (exact) mass is 309 g/mol. The van der Waals surface area contributed by atoms with Crippen LogP contribution in [0.3, 0.4) is 0 Å². The molecule has 0 amide bonds. The van der Waals surface area contributed by atoms with Crippen molar-refractivity contribution in [3.8, 4) is 0 Å². The molecule has 1 N–H and O–H groups in total. The van der Waals surface area contributed by atoms with E-state index in [2.05, 4.69) is 22.4 Å². The van der Waals surface area contributed by atoms with Crippen LogP contribution in [-0.2, 0) is 13.1 Å². The van der Waals surface area contributed by atoms with Crippen molar-refractivity contribution in [1.82, 2.24) is 19.6 Å². The molecule has 2 rings (SSSR count). The number of halogens is 1. The van der Waals surface area contributed by atoms with Crippen molar-refractivity contribution in [3.05, 3.63) is 40.0 Å². The maximum absolute atomic E-state index is 12.1. The molecule has 0 aliphatic rings. The Morgan fingerprint density at radius 2 is 2.24 bits per heavy atom. The standard InChI is InChI=1S/C14H20ClN5O/c1-3-4-8-20-14(21)13(15)12(9-17-20)18-11(2)10-19-7-5-6-16-19/h5-7,9,11,18H,3-4,8,10H2,1-2H3. The third kappa shape index (κ3) is 4.07. The van der Waals surface area contributed by atoms with Crippen molar-refractivity contribution in [2.45, 2.75) is 45.8 Å². The van der Waals surface area contributed by atoms with Gasteiger partial charge in [0.25, 0.3) is 5.56 Å². The molecule has 0 saturated heterocycles. The molecule has 0 aromatic carbocycles. The van der Waals surface area contributed by atoms with Gasteiger partial charge in [0.1, 0.15) is 5.02 Å². The number of aromatic nitrogens is 4. The van der Waals surface area contributed by atoms with Gasteiger partial charge in [-0.15, -0.1) is 0 Å². The minimum atomic E-state index is -0.249. The predicted molar refractivity (Wildman–Crippen MR) is 83.7 cm³/mol. The SMILES string of the molecule is CCCCn1ncc(NC(C)Cn2cccn2)c(Cl)c1=O. The van der Waals surface area contributed by atoms with Crippen LogP contribution in [0.5, 0.6) is 0 Å². The fraction of sp³-hybridized carbons (Fsp3) is 0.500. The van der Waals surface area contributed by atoms with Crippen molar-refractivity contribution < 1.29 is 0 Å². The summed E-state index contributed by atoms with van der Waals surface area (Å²) in [6.45, 7) is 5.35. The van der Waals surface area contributed by atoms with E-state index in [0.29, 0.717) is 18.8 Å². The number of nitrogens with zero attached hydrogens (tertiary/aromatic N) is 4. The van der Waals surface area contributed by atoms with Crippen molar-refractivity contribution in [3.63, 3.8) is 0 Å². The van der Waals surface area contributed by atoms with Crippen LogP contribution >= 0.6 is 11.6 Å². The second-order valence-corrected chi connectivity index (χ2v) is 5.41. The zero-order valence-corrected chi connectivity index (χ0v) is 13.0. The number of aryl methyl sites for hydroxylation is 1. The van der Waals surface area contributed by atoms with E-state index in [1.807, 2.05) is 23.9 Å². The molecule has 2 heterocycles. The molecule has 0 saturated carbocycles. The van der Waals surface area contributed by atoms with E-state index < -0.39 is 0 Å². The Kier molecular flexibility index (Phi) is 5.38. The Morgan fingerprint density at radius 3 is 2.90 bits per heavy atom. The molecule has 21 heavy (non-hydrogen) atoms. The molecule has 0 bridgehead atoms. The Balaban J connectivity index is 2.06. The molecule has 6 nitrogen and oxygen atoms in total. The van der Waals surface area contributed by atoms with E-state index in [-0.39, 0.29) is 16.6 Å². The zero-order valence-electron chi connectivity index (χ0n) is 12.3. The highest BCUT2D eigenvalue weighted by Gasteiger charge is 2.11. The smallest absolute Gasteiger partial charge is 0.287 e. The third-order valence-corrected chi connectivity index (χ3v) is 3.50. The minimum absolute atomic E-state index is 0.0788. The highest BCUT2D eigenvalue weighted by atomic mass is 35.5. The molecule has 114 valence electrons. The van der Waals surface area contributed by atoms with Gasteiger partial charge in [-0.25, -0.2) is 4.68 Å². The Bertz CT molecular complexity index is 623. The van der Waals surface area contributed by atoms with Crippen molar-refractivity contribution in [2.24, 2.45) is 0 Å². The predicted octanol–water partition coefficient (Wildman–Crippen LogP) is 2.39. The van der Waals surface area contributed by atoms with Gasteiger partial charge < -0.3 is 5.32 Å². The molecule has 0 aliphatic heterocycles. The highest BCUT2D eigenvalue weighted by Crippen LogP contribution is 2.16. The third-order valence-electron chi connectivity index (χ3n) is 3.13. The van der Waals surface area contributed by atoms with Crippen LogP contribution in [0.1, 0.15) is 26.7 Å². The van der Waals surface area contributed by atoms with Gasteiger partial charge in [-0.3, -0.25) is 9.48 Å². The summed E-state index contributed by atoms with van der Waals surface area (Å²) in [6, 6.07) is 1.95. The van der Waals surface area contributed by atoms with E-state index >= 15 is 0 Å². The fourth-order valence-electron chi connectivity index (χ4n) is 2.03. The van der Waals surface area contributed by atoms with Gasteiger partial charge in [-0.1, -0.05) is 24.9 Å². The lowest BCUT2D eigenvalue weighted by molar-refractivity contribution is 0.540. The molecule has 2 aromatic rings. The molecule has 0 aliphatic carbocycles. The first-order chi connectivity index (χ1) is 10.1. The summed E-state index contributed by atoms with van der Waals surface area (Å²) in [5, 5.41) is 11.7. The molecule has 1 atom stereocenters. The minimum Gasteiger partial charge on any atom is -0.378 e. The summed E-state index contributed by atoms with van der Waals surface area (Å²) in [5.74, 6) is 0. The molecule has 0 spiro atoms. The molecule has 0 fully saturated rings. The number of anilines is 1. The van der Waals surface area contributed by atoms with Gasteiger partial charge >= 0.3 is 0 Å². The molecular weight excluding hydrogens is 290 g/mol. The van der Waals surface area contributed by atoms with Crippen molar-refractivity contribution in [2.75, 3.05) is 5.32 Å². The second kappa shape index (κ2) is 7.26. The maximum atomic E-state index is 12.1. The number of hydrogen-bond acceptors (Lipinski definition) is 4. The van der Waals surface area contributed by atoms with E-state index in [1.54, 1.807) is 12.4 Å². The van der Waals surface area contributed by atoms with Gasteiger partial charge in [-0.2, -0.15) is 10.2 Å². The first-order valence-electron chi connectivity index (χ1n) is 7.11. The van der Waals surface area contributed by atoms with Crippen LogP contribution in [0.25, 0.3) is 0 Å². The Morgan fingerprint density at radius 1 is 1.43 bits per heavy atom. The van der Waals surface area contributed by atoms with Crippen LogP contribution in [0.2, 0.25) is 5.02 Å². The van der Waals surface area contributed by atoms with E-state index in [9.17, 15) is 4.79 Å². The van der Waals surface area contributed by atoms with Crippen LogP contribution in [0.15, 0.2) is 29.5 Å². The lowest BCUT2D eigenvalue weighted by atomic mass is 10.3. The van der Waals surface area contributed by atoms with E-state index in [1.165, 1.54) is 4.68 Å². The number of unbranched alkanes of at least 4 members (excludes halogenated alkanes) is 1. The van der Waals surface area contributed by atoms with Crippen molar-refractivity contribution >= 4 is 17.3 Å². The number of hydrogen-bond donors (Lipinski definition) is 1. The quantitative estimate of drug-likeness (QED) is 0.853. The highest BCUT2D eigenvalue weighted by molar-refractivity contribution is 6.32. The molecule has 0 radical (unpaired) electrons. The van der Waals surface area contributed by atoms with Crippen LogP contribution in [0.4, 0.5) is 5.69 Å². The van der Waals surface area contributed by atoms with Crippen LogP contribution in [-0.4, -0.2) is 25.6 Å². The Labute approximate surface area is 128 Å². The zero-order chi connectivity index (χ0) is 15.2. The lowest BCUT2D eigenvalue weighted by Crippen LogP contribution is -2.27. The van der Waals surface area contributed by atoms with Crippen LogP contribution < -0.4 is 10.9 Å². The second-order valence-electron chi connectivity index (χ2n) is 5.03. The largest absolute Gasteiger partial charge is 0.378 e. The summed E-state index contributed by atoms with van der Waals surface area (Å²) in [5.41, 5.74) is 0.315. The Hall–Kier alpha value is -1.82. The van der Waals surface area contributed by atoms with Gasteiger partial charge in [0.15, 0.2) is 0 Å². The molecule has 2 aromatic heterocycles. The van der Waals surface area contributed by atoms with Crippen molar-refractivity contribution in [1.29, 1.82) is 0 Å². The maximum Gasteiger partial charge on any atom is 0.287 e. The van der Waals surface area contributed by atoms with Gasteiger partial charge in [-0.05, 0) is 19.4 Å². The topological polar surface area (TPSA) is 64.7 Å². The molecular formula is C14H20ClN5O. The van der Waals surface area contributed by atoms with E-state index in [0.717, 1.165) is 12.8 Å². The van der Waals surface area contributed by atoms with E-state index in [4.69, 9.17) is 11.6 Å². The molecule has 1 unspecified atom stereocenters. The first-order valence-corrected chi connectivity index (χ1v) is 7.49. The lowest BCUT2D eigenvalue weighted by Gasteiger charge is -2.16. The van der Waals surface area contributed by atoms with Gasteiger partial charge in [0.2, 0.25) is 0 Å². The fourth-order valence-corrected chi connectivity index (χ4v) is 2.23. The summed E-state index contributed by atoms with van der Waals surface area (Å²) in [6.07, 6.45) is 7.15. The van der Waals surface area contributed by atoms with Gasteiger partial charge in [0, 0.05) is 25.0 Å². The number of rotatable bonds is 7. The average molecular weight is 310 g/mol. The summed E-state index contributed by atoms with van der Waals surface area (Å²) >= 11 is 6.14. The first kappa shape index (κ1) is 15.6. The number of nitrogens with one attached hydrogen (secondary N) is 1. The summed E-state index contributed by atoms with van der Waals surface area (Å²) in [4.78, 5) is 12.1. The normalized spacial score (nSPS) is 12.3. The summed E-state index contributed by atoms with van der Waals surface area (Å²) in [7, 11) is 0. The molecule has 7 heteroatoms. The van der Waals surface area contributed by atoms with Crippen LogP contribution in [0, 0.1) is 0 Å². The summed E-state index contributed by atoms with van der Waals surface area (Å²) < 4.78 is 3.23.